The molecule has 0 radical (unpaired) electrons. The van der Waals surface area contributed by atoms with Crippen molar-refractivity contribution in [3.05, 3.63) is 59.5 Å². The zero-order chi connectivity index (χ0) is 18.1. The van der Waals surface area contributed by atoms with Crippen LogP contribution in [0.25, 0.3) is 11.4 Å². The Morgan fingerprint density at radius 3 is 2.92 bits per heavy atom. The van der Waals surface area contributed by atoms with E-state index in [1.807, 2.05) is 48.2 Å². The number of nitrogens with zero attached hydrogens (tertiary/aromatic N) is 3. The fourth-order valence-corrected chi connectivity index (χ4v) is 3.31. The summed E-state index contributed by atoms with van der Waals surface area (Å²) in [4.78, 5) is 18.2. The molecule has 0 saturated carbocycles. The Morgan fingerprint density at radius 2 is 2.12 bits per heavy atom. The molecular formula is C20H20N4O2. The van der Waals surface area contributed by atoms with Gasteiger partial charge in [0.25, 0.3) is 0 Å². The van der Waals surface area contributed by atoms with Crippen LogP contribution < -0.4 is 10.2 Å². The first-order chi connectivity index (χ1) is 12.6. The van der Waals surface area contributed by atoms with E-state index < -0.39 is 0 Å². The van der Waals surface area contributed by atoms with Gasteiger partial charge in [0.15, 0.2) is 0 Å². The number of rotatable bonds is 4. The number of carbonyl (C=O) groups is 1. The van der Waals surface area contributed by atoms with Gasteiger partial charge in [-0.1, -0.05) is 41.1 Å². The van der Waals surface area contributed by atoms with Gasteiger partial charge in [0.05, 0.1) is 17.9 Å². The average Bonchev–Trinajstić information content (AvgIpc) is 3.27. The highest BCUT2D eigenvalue weighted by molar-refractivity contribution is 5.97. The zero-order valence-electron chi connectivity index (χ0n) is 14.8. The molecule has 132 valence electrons. The smallest absolute Gasteiger partial charge is 0.246 e. The molecule has 1 N–H and O–H groups in total. The highest BCUT2D eigenvalue weighted by atomic mass is 16.5. The summed E-state index contributed by atoms with van der Waals surface area (Å²) in [6.45, 7) is 4.75. The summed E-state index contributed by atoms with van der Waals surface area (Å²) in [5.41, 5.74) is 5.12. The van der Waals surface area contributed by atoms with Gasteiger partial charge in [-0.25, -0.2) is 0 Å². The van der Waals surface area contributed by atoms with E-state index in [0.717, 1.165) is 35.5 Å². The Balaban J connectivity index is 1.53. The van der Waals surface area contributed by atoms with Crippen molar-refractivity contribution >= 4 is 17.3 Å². The second-order valence-electron chi connectivity index (χ2n) is 6.47. The van der Waals surface area contributed by atoms with E-state index in [4.69, 9.17) is 4.52 Å². The number of aryl methyl sites for hydroxylation is 1. The first-order valence-electron chi connectivity index (χ1n) is 8.65. The van der Waals surface area contributed by atoms with Crippen LogP contribution in [0.15, 0.2) is 47.0 Å². The second-order valence-corrected chi connectivity index (χ2v) is 6.47. The lowest BCUT2D eigenvalue weighted by Gasteiger charge is -2.19. The van der Waals surface area contributed by atoms with Gasteiger partial charge < -0.3 is 14.7 Å². The van der Waals surface area contributed by atoms with E-state index in [1.165, 1.54) is 5.56 Å². The lowest BCUT2D eigenvalue weighted by molar-refractivity contribution is -0.116. The molecule has 6 nitrogen and oxygen atoms in total. The molecule has 0 spiro atoms. The van der Waals surface area contributed by atoms with Crippen molar-refractivity contribution < 1.29 is 9.32 Å². The summed E-state index contributed by atoms with van der Waals surface area (Å²) in [6, 6.07) is 14.0. The van der Waals surface area contributed by atoms with Crippen molar-refractivity contribution in [3.63, 3.8) is 0 Å². The number of carbonyl (C=O) groups excluding carboxylic acids is 1. The molecule has 0 bridgehead atoms. The minimum Gasteiger partial charge on any atom is -0.374 e. The van der Waals surface area contributed by atoms with Crippen LogP contribution in [0, 0.1) is 6.92 Å². The molecule has 0 fully saturated rings. The summed E-state index contributed by atoms with van der Waals surface area (Å²) in [5.74, 6) is 1.14. The van der Waals surface area contributed by atoms with Crippen molar-refractivity contribution in [1.29, 1.82) is 0 Å². The third-order valence-corrected chi connectivity index (χ3v) is 4.55. The molecule has 1 aliphatic rings. The van der Waals surface area contributed by atoms with Crippen molar-refractivity contribution in [2.45, 2.75) is 26.8 Å². The Bertz CT molecular complexity index is 964. The molecular weight excluding hydrogens is 328 g/mol. The Kier molecular flexibility index (Phi) is 4.16. The van der Waals surface area contributed by atoms with Gasteiger partial charge in [0.1, 0.15) is 0 Å². The monoisotopic (exact) mass is 348 g/mol. The normalized spacial score (nSPS) is 12.9. The number of hydrogen-bond donors (Lipinski definition) is 1. The highest BCUT2D eigenvalue weighted by Gasteiger charge is 2.25. The summed E-state index contributed by atoms with van der Waals surface area (Å²) >= 11 is 0. The van der Waals surface area contributed by atoms with Crippen LogP contribution in [0.2, 0.25) is 0 Å². The number of nitrogens with one attached hydrogen (secondary N) is 1. The molecule has 6 heteroatoms. The molecule has 0 atom stereocenters. The molecule has 26 heavy (non-hydrogen) atoms. The molecule has 4 rings (SSSR count). The maximum Gasteiger partial charge on any atom is 0.246 e. The van der Waals surface area contributed by atoms with Crippen molar-refractivity contribution in [3.8, 4) is 11.4 Å². The minimum absolute atomic E-state index is 0.0533. The van der Waals surface area contributed by atoms with Crippen molar-refractivity contribution in [2.24, 2.45) is 0 Å². The first-order valence-corrected chi connectivity index (χ1v) is 8.65. The van der Waals surface area contributed by atoms with E-state index in [0.29, 0.717) is 18.3 Å². The standard InChI is InChI=1S/C20H20N4O2/c1-13-5-3-7-16(11-13)20-22-18(26-23-20)12-21-17-8-4-6-15-9-10-24(14(2)25)19(15)17/h3-8,11,21H,9-10,12H2,1-2H3. The van der Waals surface area contributed by atoms with E-state index in [1.54, 1.807) is 6.92 Å². The van der Waals surface area contributed by atoms with Gasteiger partial charge in [-0.3, -0.25) is 4.79 Å². The fourth-order valence-electron chi connectivity index (χ4n) is 3.31. The fraction of sp³-hybridized carbons (Fsp3) is 0.250. The van der Waals surface area contributed by atoms with Crippen LogP contribution in [0.4, 0.5) is 11.4 Å². The molecule has 0 unspecified atom stereocenters. The average molecular weight is 348 g/mol. The molecule has 1 amide bonds. The molecule has 0 aliphatic carbocycles. The van der Waals surface area contributed by atoms with Crippen LogP contribution in [-0.2, 0) is 17.8 Å². The van der Waals surface area contributed by atoms with Gasteiger partial charge in [0, 0.05) is 19.0 Å². The van der Waals surface area contributed by atoms with E-state index in [2.05, 4.69) is 21.5 Å². The Hall–Kier alpha value is -3.15. The largest absolute Gasteiger partial charge is 0.374 e. The number of aromatic nitrogens is 2. The quantitative estimate of drug-likeness (QED) is 0.780. The first kappa shape index (κ1) is 16.3. The Morgan fingerprint density at radius 1 is 1.27 bits per heavy atom. The molecule has 1 aliphatic heterocycles. The maximum atomic E-state index is 11.9. The van der Waals surface area contributed by atoms with Gasteiger partial charge in [-0.2, -0.15) is 4.98 Å². The molecule has 0 saturated heterocycles. The maximum absolute atomic E-state index is 11.9. The number of amides is 1. The third kappa shape index (κ3) is 3.06. The van der Waals surface area contributed by atoms with Gasteiger partial charge in [-0.05, 0) is 31.0 Å². The van der Waals surface area contributed by atoms with Gasteiger partial charge >= 0.3 is 0 Å². The van der Waals surface area contributed by atoms with Crippen LogP contribution in [0.5, 0.6) is 0 Å². The van der Waals surface area contributed by atoms with Gasteiger partial charge in [-0.15, -0.1) is 0 Å². The van der Waals surface area contributed by atoms with E-state index >= 15 is 0 Å². The lowest BCUT2D eigenvalue weighted by Crippen LogP contribution is -2.26. The molecule has 3 aromatic rings. The number of anilines is 2. The van der Waals surface area contributed by atoms with E-state index in [-0.39, 0.29) is 5.91 Å². The topological polar surface area (TPSA) is 71.3 Å². The van der Waals surface area contributed by atoms with Crippen LogP contribution >= 0.6 is 0 Å². The van der Waals surface area contributed by atoms with Gasteiger partial charge in [0.2, 0.25) is 17.6 Å². The predicted octanol–water partition coefficient (Wildman–Crippen LogP) is 3.57. The number of benzene rings is 2. The highest BCUT2D eigenvalue weighted by Crippen LogP contribution is 2.35. The SMILES string of the molecule is CC(=O)N1CCc2cccc(NCc3nc(-c4cccc(C)c4)no3)c21. The third-order valence-electron chi connectivity index (χ3n) is 4.55. The number of fused-ring (bicyclic) bond motifs is 1. The summed E-state index contributed by atoms with van der Waals surface area (Å²) in [7, 11) is 0. The number of para-hydroxylation sites is 1. The Labute approximate surface area is 151 Å². The predicted molar refractivity (Wildman–Crippen MR) is 100.0 cm³/mol. The second kappa shape index (κ2) is 6.63. The summed E-state index contributed by atoms with van der Waals surface area (Å²) < 4.78 is 5.37. The molecule has 2 aromatic carbocycles. The van der Waals surface area contributed by atoms with Crippen LogP contribution in [0.1, 0.15) is 23.9 Å². The van der Waals surface area contributed by atoms with E-state index in [9.17, 15) is 4.79 Å². The summed E-state index contributed by atoms with van der Waals surface area (Å²) in [6.07, 6.45) is 0.877. The molecule has 2 heterocycles. The zero-order valence-corrected chi connectivity index (χ0v) is 14.8. The van der Waals surface area contributed by atoms with Crippen LogP contribution in [-0.4, -0.2) is 22.6 Å². The van der Waals surface area contributed by atoms with Crippen molar-refractivity contribution in [2.75, 3.05) is 16.8 Å². The summed E-state index contributed by atoms with van der Waals surface area (Å²) in [5, 5.41) is 7.40. The number of hydrogen-bond acceptors (Lipinski definition) is 5. The van der Waals surface area contributed by atoms with Crippen molar-refractivity contribution in [1.82, 2.24) is 10.1 Å². The lowest BCUT2D eigenvalue weighted by atomic mass is 10.1. The van der Waals surface area contributed by atoms with Crippen LogP contribution in [0.3, 0.4) is 0 Å². The molecule has 1 aromatic heterocycles. The minimum atomic E-state index is 0.0533.